The Labute approximate surface area is 153 Å². The first-order chi connectivity index (χ1) is 11.9. The number of nitrogens with zero attached hydrogens (tertiary/aromatic N) is 4. The van der Waals surface area contributed by atoms with Crippen LogP contribution in [0.25, 0.3) is 0 Å². The summed E-state index contributed by atoms with van der Waals surface area (Å²) in [7, 11) is -1.24. The largest absolute Gasteiger partial charge is 0.347 e. The number of carbonyl (C=O) groups excluding carboxylic acids is 1. The summed E-state index contributed by atoms with van der Waals surface area (Å²) in [5, 5.41) is 3.02. The zero-order chi connectivity index (χ0) is 18.0. The first kappa shape index (κ1) is 18.6. The van der Waals surface area contributed by atoms with Gasteiger partial charge in [-0.3, -0.25) is 9.69 Å². The predicted molar refractivity (Wildman–Crippen MR) is 99.8 cm³/mol. The monoisotopic (exact) mass is 386 g/mol. The molecule has 0 saturated carbocycles. The summed E-state index contributed by atoms with van der Waals surface area (Å²) in [5.41, 5.74) is 0. The van der Waals surface area contributed by atoms with E-state index in [1.807, 2.05) is 18.5 Å². The number of amides is 1. The molecule has 3 rings (SSSR count). The van der Waals surface area contributed by atoms with E-state index >= 15 is 0 Å². The fourth-order valence-corrected chi connectivity index (χ4v) is 6.07. The maximum Gasteiger partial charge on any atom is 0.239 e. The van der Waals surface area contributed by atoms with Crippen LogP contribution in [0.3, 0.4) is 0 Å². The maximum atomic E-state index is 12.8. The summed E-state index contributed by atoms with van der Waals surface area (Å²) in [4.78, 5) is 23.3. The molecule has 0 N–H and O–H groups in total. The lowest BCUT2D eigenvalue weighted by Gasteiger charge is -2.32. The number of hydrogen-bond acceptors (Lipinski definition) is 7. The van der Waals surface area contributed by atoms with Gasteiger partial charge in [0.15, 0.2) is 15.0 Å². The minimum Gasteiger partial charge on any atom is -0.347 e. The quantitative estimate of drug-likeness (QED) is 0.758. The summed E-state index contributed by atoms with van der Waals surface area (Å²) in [6, 6.07) is -0.414. The van der Waals surface area contributed by atoms with Gasteiger partial charge in [-0.05, 0) is 19.8 Å². The van der Waals surface area contributed by atoms with Crippen molar-refractivity contribution in [3.05, 3.63) is 11.6 Å². The van der Waals surface area contributed by atoms with Crippen LogP contribution in [0.1, 0.15) is 19.8 Å². The Morgan fingerprint density at radius 1 is 1.36 bits per heavy atom. The summed E-state index contributed by atoms with van der Waals surface area (Å²) < 4.78 is 23.3. The fourth-order valence-electron chi connectivity index (χ4n) is 3.60. The van der Waals surface area contributed by atoms with Gasteiger partial charge < -0.3 is 9.80 Å². The molecule has 25 heavy (non-hydrogen) atoms. The molecule has 7 nitrogen and oxygen atoms in total. The first-order valence-corrected chi connectivity index (χ1v) is 11.4. The van der Waals surface area contributed by atoms with Crippen LogP contribution in [-0.2, 0) is 14.6 Å². The van der Waals surface area contributed by atoms with E-state index in [1.54, 1.807) is 23.3 Å². The van der Waals surface area contributed by atoms with Crippen LogP contribution in [0.15, 0.2) is 11.6 Å². The number of thiazole rings is 1. The normalized spacial score (nSPS) is 25.5. The molecule has 0 bridgehead atoms. The molecular formula is C16H26N4O3S2. The number of anilines is 1. The third-order valence-electron chi connectivity index (χ3n) is 5.23. The molecule has 1 aromatic heterocycles. The lowest BCUT2D eigenvalue weighted by atomic mass is 10.1. The Bertz CT molecular complexity index is 692. The van der Waals surface area contributed by atoms with Gasteiger partial charge in [0.2, 0.25) is 5.91 Å². The first-order valence-electron chi connectivity index (χ1n) is 8.73. The van der Waals surface area contributed by atoms with Gasteiger partial charge in [-0.15, -0.1) is 11.3 Å². The Hall–Kier alpha value is -1.19. The molecule has 0 spiro atoms. The highest BCUT2D eigenvalue weighted by Gasteiger charge is 2.35. The number of sulfone groups is 1. The van der Waals surface area contributed by atoms with Gasteiger partial charge in [-0.2, -0.15) is 0 Å². The second kappa shape index (κ2) is 7.59. The van der Waals surface area contributed by atoms with Gasteiger partial charge in [-0.1, -0.05) is 0 Å². The zero-order valence-electron chi connectivity index (χ0n) is 14.8. The molecule has 2 saturated heterocycles. The van der Waals surface area contributed by atoms with E-state index in [0.717, 1.165) is 37.7 Å². The molecule has 2 aliphatic rings. The van der Waals surface area contributed by atoms with Gasteiger partial charge >= 0.3 is 0 Å². The van der Waals surface area contributed by atoms with Crippen LogP contribution >= 0.6 is 11.3 Å². The van der Waals surface area contributed by atoms with Gasteiger partial charge in [0.25, 0.3) is 0 Å². The van der Waals surface area contributed by atoms with E-state index < -0.39 is 9.84 Å². The minimum absolute atomic E-state index is 0.0183. The molecule has 2 atom stereocenters. The Morgan fingerprint density at radius 3 is 2.80 bits per heavy atom. The predicted octanol–water partition coefficient (Wildman–Crippen LogP) is 0.689. The zero-order valence-corrected chi connectivity index (χ0v) is 16.4. The average molecular weight is 387 g/mol. The van der Waals surface area contributed by atoms with E-state index in [1.165, 1.54) is 0 Å². The number of rotatable bonds is 4. The minimum atomic E-state index is -2.98. The van der Waals surface area contributed by atoms with Crippen molar-refractivity contribution in [2.75, 3.05) is 49.6 Å². The lowest BCUT2D eigenvalue weighted by Crippen LogP contribution is -2.50. The number of hydrogen-bond donors (Lipinski definition) is 0. The molecule has 2 unspecified atom stereocenters. The van der Waals surface area contributed by atoms with Crippen molar-refractivity contribution in [3.8, 4) is 0 Å². The Balaban J connectivity index is 1.58. The SMILES string of the molecule is CC(C(=O)N(C)C1CCS(=O)(=O)C1)N1CCCN(c2nccs2)CC1. The fraction of sp³-hybridized carbons (Fsp3) is 0.750. The second-order valence-corrected chi connectivity index (χ2v) is 9.97. The van der Waals surface area contributed by atoms with Crippen molar-refractivity contribution in [3.63, 3.8) is 0 Å². The van der Waals surface area contributed by atoms with Crippen LogP contribution in [0.5, 0.6) is 0 Å². The Kier molecular flexibility index (Phi) is 5.65. The highest BCUT2D eigenvalue weighted by molar-refractivity contribution is 7.91. The van der Waals surface area contributed by atoms with Crippen LogP contribution in [0.2, 0.25) is 0 Å². The number of likely N-dealkylation sites (N-methyl/N-ethyl adjacent to an activating group) is 1. The third kappa shape index (κ3) is 4.32. The molecule has 3 heterocycles. The number of carbonyl (C=O) groups is 1. The van der Waals surface area contributed by atoms with Crippen molar-refractivity contribution < 1.29 is 13.2 Å². The van der Waals surface area contributed by atoms with Gasteiger partial charge in [0.1, 0.15) is 0 Å². The summed E-state index contributed by atoms with van der Waals surface area (Å²) in [6.45, 7) is 5.41. The van der Waals surface area contributed by atoms with E-state index in [9.17, 15) is 13.2 Å². The molecule has 1 aromatic rings. The van der Waals surface area contributed by atoms with Gasteiger partial charge in [-0.25, -0.2) is 13.4 Å². The summed E-state index contributed by atoms with van der Waals surface area (Å²) in [5.74, 6) is 0.306. The van der Waals surface area contributed by atoms with E-state index in [4.69, 9.17) is 0 Å². The highest BCUT2D eigenvalue weighted by Crippen LogP contribution is 2.21. The van der Waals surface area contributed by atoms with Gasteiger partial charge in [0.05, 0.1) is 17.5 Å². The van der Waals surface area contributed by atoms with Crippen molar-refractivity contribution in [1.82, 2.24) is 14.8 Å². The lowest BCUT2D eigenvalue weighted by molar-refractivity contribution is -0.136. The molecule has 0 radical (unpaired) electrons. The third-order valence-corrected chi connectivity index (χ3v) is 7.81. The van der Waals surface area contributed by atoms with Crippen molar-refractivity contribution >= 4 is 32.2 Å². The Morgan fingerprint density at radius 2 is 2.16 bits per heavy atom. The summed E-state index contributed by atoms with van der Waals surface area (Å²) >= 11 is 1.64. The van der Waals surface area contributed by atoms with Crippen molar-refractivity contribution in [2.45, 2.75) is 31.8 Å². The highest BCUT2D eigenvalue weighted by atomic mass is 32.2. The van der Waals surface area contributed by atoms with E-state index in [0.29, 0.717) is 6.42 Å². The maximum absolute atomic E-state index is 12.8. The molecule has 2 aliphatic heterocycles. The van der Waals surface area contributed by atoms with Crippen LogP contribution in [0, 0.1) is 0 Å². The van der Waals surface area contributed by atoms with Gasteiger partial charge in [0, 0.05) is 50.8 Å². The molecule has 140 valence electrons. The number of aromatic nitrogens is 1. The van der Waals surface area contributed by atoms with E-state index in [-0.39, 0.29) is 29.5 Å². The van der Waals surface area contributed by atoms with E-state index in [2.05, 4.69) is 14.8 Å². The van der Waals surface area contributed by atoms with Crippen LogP contribution in [0.4, 0.5) is 5.13 Å². The van der Waals surface area contributed by atoms with Crippen molar-refractivity contribution in [2.24, 2.45) is 0 Å². The average Bonchev–Trinajstić information content (AvgIpc) is 3.17. The molecule has 1 amide bonds. The molecular weight excluding hydrogens is 360 g/mol. The topological polar surface area (TPSA) is 73.8 Å². The smallest absolute Gasteiger partial charge is 0.239 e. The second-order valence-electron chi connectivity index (χ2n) is 6.87. The molecule has 0 aliphatic carbocycles. The van der Waals surface area contributed by atoms with Crippen LogP contribution in [-0.4, -0.2) is 85.9 Å². The molecule has 9 heteroatoms. The molecule has 2 fully saturated rings. The molecule has 0 aromatic carbocycles. The van der Waals surface area contributed by atoms with Crippen molar-refractivity contribution in [1.29, 1.82) is 0 Å². The standard InChI is InChI=1S/C16H26N4O3S2/c1-13(15(21)18(2)14-4-11-25(22,23)12-14)19-6-3-7-20(9-8-19)16-17-5-10-24-16/h5,10,13-14H,3-4,6-9,11-12H2,1-2H3. The van der Waals surface area contributed by atoms with Crippen LogP contribution < -0.4 is 4.90 Å². The summed E-state index contributed by atoms with van der Waals surface area (Å²) in [6.07, 6.45) is 3.35.